The van der Waals surface area contributed by atoms with E-state index < -0.39 is 0 Å². The quantitative estimate of drug-likeness (QED) is 0.358. The summed E-state index contributed by atoms with van der Waals surface area (Å²) in [6, 6.07) is 12.1. The summed E-state index contributed by atoms with van der Waals surface area (Å²) in [7, 11) is 5.02. The van der Waals surface area contributed by atoms with Crippen molar-refractivity contribution in [2.75, 3.05) is 32.7 Å². The zero-order valence-electron chi connectivity index (χ0n) is 19.1. The molecule has 7 nitrogen and oxygen atoms in total. The lowest BCUT2D eigenvalue weighted by Gasteiger charge is -2.17. The van der Waals surface area contributed by atoms with Gasteiger partial charge in [-0.15, -0.1) is 6.58 Å². The molecule has 1 saturated heterocycles. The Labute approximate surface area is 190 Å². The molecule has 170 valence electrons. The summed E-state index contributed by atoms with van der Waals surface area (Å²) in [5.41, 5.74) is 4.16. The summed E-state index contributed by atoms with van der Waals surface area (Å²) in [4.78, 5) is 18.1. The maximum atomic E-state index is 11.9. The number of allylic oxidation sites excluding steroid dienone is 1. The van der Waals surface area contributed by atoms with Crippen LogP contribution in [0.25, 0.3) is 0 Å². The number of nitrogens with one attached hydrogen (secondary N) is 2. The highest BCUT2D eigenvalue weighted by molar-refractivity contribution is 5.95. The van der Waals surface area contributed by atoms with E-state index in [9.17, 15) is 4.79 Å². The largest absolute Gasteiger partial charge is 0.493 e. The van der Waals surface area contributed by atoms with Crippen LogP contribution in [0.4, 0.5) is 5.69 Å². The molecule has 1 heterocycles. The van der Waals surface area contributed by atoms with Crippen molar-refractivity contribution in [2.45, 2.75) is 32.4 Å². The fourth-order valence-electron chi connectivity index (χ4n) is 3.82. The van der Waals surface area contributed by atoms with Crippen molar-refractivity contribution in [3.8, 4) is 11.5 Å². The van der Waals surface area contributed by atoms with E-state index in [-0.39, 0.29) is 5.91 Å². The molecule has 32 heavy (non-hydrogen) atoms. The van der Waals surface area contributed by atoms with E-state index >= 15 is 0 Å². The van der Waals surface area contributed by atoms with E-state index in [4.69, 9.17) is 9.47 Å². The number of aliphatic imine (C=N–C) groups is 1. The summed E-state index contributed by atoms with van der Waals surface area (Å²) in [6.07, 6.45) is 4.11. The van der Waals surface area contributed by atoms with Crippen LogP contribution in [-0.2, 0) is 24.3 Å². The van der Waals surface area contributed by atoms with E-state index in [1.54, 1.807) is 21.3 Å². The number of carbonyl (C=O) groups is 1. The number of nitrogens with zero attached hydrogens (tertiary/aromatic N) is 2. The Kier molecular flexibility index (Phi) is 8.14. The van der Waals surface area contributed by atoms with Crippen LogP contribution in [-0.4, -0.2) is 39.7 Å². The van der Waals surface area contributed by atoms with Crippen molar-refractivity contribution in [1.82, 2.24) is 10.6 Å². The molecule has 0 aromatic heterocycles. The normalized spacial score (nSPS) is 13.8. The van der Waals surface area contributed by atoms with Crippen LogP contribution < -0.4 is 25.0 Å². The van der Waals surface area contributed by atoms with Gasteiger partial charge in [-0.05, 0) is 48.2 Å². The van der Waals surface area contributed by atoms with E-state index in [1.807, 2.05) is 41.3 Å². The van der Waals surface area contributed by atoms with Crippen molar-refractivity contribution < 1.29 is 14.3 Å². The van der Waals surface area contributed by atoms with Gasteiger partial charge in [0.25, 0.3) is 0 Å². The fraction of sp³-hybridized carbons (Fsp3) is 0.360. The van der Waals surface area contributed by atoms with E-state index in [0.29, 0.717) is 37.6 Å². The average molecular weight is 437 g/mol. The van der Waals surface area contributed by atoms with Crippen molar-refractivity contribution in [3.63, 3.8) is 0 Å². The minimum atomic E-state index is 0.201. The zero-order valence-corrected chi connectivity index (χ0v) is 19.1. The maximum absolute atomic E-state index is 11.9. The molecule has 1 amide bonds. The Morgan fingerprint density at radius 2 is 1.84 bits per heavy atom. The number of amides is 1. The van der Waals surface area contributed by atoms with Crippen LogP contribution in [0.1, 0.15) is 29.5 Å². The van der Waals surface area contributed by atoms with Crippen LogP contribution in [0.3, 0.4) is 0 Å². The summed E-state index contributed by atoms with van der Waals surface area (Å²) in [5, 5.41) is 6.67. The Balaban J connectivity index is 1.59. The highest BCUT2D eigenvalue weighted by Crippen LogP contribution is 2.33. The van der Waals surface area contributed by atoms with E-state index in [2.05, 4.69) is 28.3 Å². The first-order valence-electron chi connectivity index (χ1n) is 10.8. The number of anilines is 1. The van der Waals surface area contributed by atoms with Crippen molar-refractivity contribution in [2.24, 2.45) is 4.99 Å². The molecule has 1 fully saturated rings. The van der Waals surface area contributed by atoms with Gasteiger partial charge in [-0.25, -0.2) is 0 Å². The lowest BCUT2D eigenvalue weighted by atomic mass is 10.1. The van der Waals surface area contributed by atoms with Gasteiger partial charge in [-0.3, -0.25) is 9.79 Å². The highest BCUT2D eigenvalue weighted by atomic mass is 16.5. The minimum Gasteiger partial charge on any atom is -0.493 e. The molecule has 0 spiro atoms. The molecule has 1 aliphatic rings. The third-order valence-corrected chi connectivity index (χ3v) is 5.44. The number of guanidine groups is 1. The first-order valence-corrected chi connectivity index (χ1v) is 10.8. The monoisotopic (exact) mass is 436 g/mol. The summed E-state index contributed by atoms with van der Waals surface area (Å²) < 4.78 is 11.0. The Hall–Kier alpha value is -3.48. The van der Waals surface area contributed by atoms with Gasteiger partial charge in [0, 0.05) is 44.4 Å². The fourth-order valence-corrected chi connectivity index (χ4v) is 3.82. The summed E-state index contributed by atoms with van der Waals surface area (Å²) >= 11 is 0. The minimum absolute atomic E-state index is 0.201. The second kappa shape index (κ2) is 11.2. The molecule has 0 radical (unpaired) electrons. The van der Waals surface area contributed by atoms with Crippen LogP contribution in [0.5, 0.6) is 11.5 Å². The van der Waals surface area contributed by atoms with Crippen molar-refractivity contribution in [1.29, 1.82) is 0 Å². The Morgan fingerprint density at radius 3 is 2.41 bits per heavy atom. The number of ether oxygens (including phenoxy) is 2. The molecule has 2 N–H and O–H groups in total. The van der Waals surface area contributed by atoms with Gasteiger partial charge < -0.3 is 25.0 Å². The Morgan fingerprint density at radius 1 is 1.12 bits per heavy atom. The van der Waals surface area contributed by atoms with Gasteiger partial charge in [-0.2, -0.15) is 0 Å². The molecule has 0 aliphatic carbocycles. The van der Waals surface area contributed by atoms with Crippen LogP contribution >= 0.6 is 0 Å². The Bertz CT molecular complexity index is 970. The molecule has 0 bridgehead atoms. The summed E-state index contributed by atoms with van der Waals surface area (Å²) in [6.45, 7) is 5.84. The topological polar surface area (TPSA) is 75.2 Å². The molecule has 2 aromatic rings. The molecular formula is C25H32N4O3. The molecule has 1 aliphatic heterocycles. The predicted octanol–water partition coefficient (Wildman–Crippen LogP) is 3.42. The van der Waals surface area contributed by atoms with Crippen LogP contribution in [0.15, 0.2) is 54.0 Å². The average Bonchev–Trinajstić information content (AvgIpc) is 3.25. The van der Waals surface area contributed by atoms with Crippen LogP contribution in [0.2, 0.25) is 0 Å². The SMILES string of the molecule is C=CCc1cc(CNC(=NC)NCc2ccc(N3CCCC3=O)cc2)cc(OC)c1OC. The van der Waals surface area contributed by atoms with E-state index in [1.165, 1.54) is 0 Å². The lowest BCUT2D eigenvalue weighted by molar-refractivity contribution is -0.117. The number of methoxy groups -OCH3 is 2. The third-order valence-electron chi connectivity index (χ3n) is 5.44. The number of hydrogen-bond acceptors (Lipinski definition) is 4. The second-order valence-electron chi connectivity index (χ2n) is 7.58. The smallest absolute Gasteiger partial charge is 0.227 e. The van der Waals surface area contributed by atoms with E-state index in [0.717, 1.165) is 41.1 Å². The van der Waals surface area contributed by atoms with Crippen molar-refractivity contribution in [3.05, 3.63) is 65.7 Å². The van der Waals surface area contributed by atoms with Gasteiger partial charge in [0.05, 0.1) is 14.2 Å². The molecule has 3 rings (SSSR count). The number of rotatable bonds is 9. The third kappa shape index (κ3) is 5.60. The van der Waals surface area contributed by atoms with Gasteiger partial charge >= 0.3 is 0 Å². The highest BCUT2D eigenvalue weighted by Gasteiger charge is 2.21. The number of carbonyl (C=O) groups excluding carboxylic acids is 1. The van der Waals surface area contributed by atoms with Crippen molar-refractivity contribution >= 4 is 17.6 Å². The zero-order chi connectivity index (χ0) is 22.9. The molecule has 0 unspecified atom stereocenters. The maximum Gasteiger partial charge on any atom is 0.227 e. The first-order chi connectivity index (χ1) is 15.6. The predicted molar refractivity (Wildman–Crippen MR) is 129 cm³/mol. The molecule has 2 aromatic carbocycles. The molecule has 0 saturated carbocycles. The van der Waals surface area contributed by atoms with Gasteiger partial charge in [0.1, 0.15) is 0 Å². The number of hydrogen-bond donors (Lipinski definition) is 2. The van der Waals surface area contributed by atoms with Gasteiger partial charge in [0.15, 0.2) is 17.5 Å². The second-order valence-corrected chi connectivity index (χ2v) is 7.58. The molecule has 7 heteroatoms. The standard InChI is InChI=1S/C25H32N4O3/c1-5-7-20-14-19(15-22(31-3)24(20)32-4)17-28-25(26-2)27-16-18-9-11-21(12-10-18)29-13-6-8-23(29)30/h5,9-12,14-15H,1,6-8,13,16-17H2,2-4H3,(H2,26,27,28). The van der Waals surface area contributed by atoms with Gasteiger partial charge in [0.2, 0.25) is 5.91 Å². The first kappa shape index (κ1) is 23.2. The molecular weight excluding hydrogens is 404 g/mol. The van der Waals surface area contributed by atoms with Crippen LogP contribution in [0, 0.1) is 0 Å². The summed E-state index contributed by atoms with van der Waals surface area (Å²) in [5.74, 6) is 2.33. The van der Waals surface area contributed by atoms with Gasteiger partial charge in [-0.1, -0.05) is 18.2 Å². The number of benzene rings is 2. The lowest BCUT2D eigenvalue weighted by Crippen LogP contribution is -2.36. The molecule has 0 atom stereocenters.